The third-order valence-electron chi connectivity index (χ3n) is 7.49. The number of amidine groups is 1. The molecule has 0 unspecified atom stereocenters. The first-order chi connectivity index (χ1) is 20.3. The molecule has 0 aromatic heterocycles. The lowest BCUT2D eigenvalue weighted by molar-refractivity contribution is -0.117. The van der Waals surface area contributed by atoms with E-state index < -0.39 is 16.1 Å². The van der Waals surface area contributed by atoms with E-state index in [4.69, 9.17) is 4.74 Å². The molecule has 216 valence electrons. The van der Waals surface area contributed by atoms with Crippen LogP contribution in [0.1, 0.15) is 54.7 Å². The second kappa shape index (κ2) is 12.0. The van der Waals surface area contributed by atoms with Gasteiger partial charge in [-0.1, -0.05) is 55.7 Å². The molecule has 6 rings (SSSR count). The molecule has 2 amide bonds. The molecule has 2 heterocycles. The van der Waals surface area contributed by atoms with E-state index in [0.29, 0.717) is 34.0 Å². The van der Waals surface area contributed by atoms with Crippen molar-refractivity contribution in [3.63, 3.8) is 0 Å². The SMILES string of the molecule is O=C1CN(c2ccc(NC3=NC(=O)/C(=C/c4ccc(OCc5ccc(C6CCCCC6)cc5)cc4)S3)cc2)S(=O)(=O)N1. The Morgan fingerprint density at radius 2 is 1.67 bits per heavy atom. The minimum Gasteiger partial charge on any atom is -0.489 e. The van der Waals surface area contributed by atoms with Crippen molar-refractivity contribution in [3.8, 4) is 5.75 Å². The number of amides is 2. The molecule has 42 heavy (non-hydrogen) atoms. The number of hydrogen-bond acceptors (Lipinski definition) is 7. The normalized spacial score (nSPS) is 19.6. The monoisotopic (exact) mass is 602 g/mol. The van der Waals surface area contributed by atoms with Crippen LogP contribution in [0.4, 0.5) is 11.4 Å². The highest BCUT2D eigenvalue weighted by Crippen LogP contribution is 2.33. The fraction of sp³-hybridized carbons (Fsp3) is 0.258. The molecule has 2 aliphatic heterocycles. The molecule has 1 saturated heterocycles. The van der Waals surface area contributed by atoms with Crippen LogP contribution in [0.25, 0.3) is 6.08 Å². The van der Waals surface area contributed by atoms with E-state index in [9.17, 15) is 18.0 Å². The van der Waals surface area contributed by atoms with Gasteiger partial charge in [-0.25, -0.2) is 9.03 Å². The van der Waals surface area contributed by atoms with Gasteiger partial charge >= 0.3 is 10.2 Å². The Balaban J connectivity index is 1.01. The Bertz CT molecular complexity index is 1640. The first kappa shape index (κ1) is 28.0. The van der Waals surface area contributed by atoms with Gasteiger partial charge in [0, 0.05) is 5.69 Å². The molecular formula is C31H30N4O5S2. The highest BCUT2D eigenvalue weighted by atomic mass is 32.2. The van der Waals surface area contributed by atoms with Gasteiger partial charge in [0.15, 0.2) is 5.17 Å². The lowest BCUT2D eigenvalue weighted by Gasteiger charge is -2.22. The molecule has 9 nitrogen and oxygen atoms in total. The largest absolute Gasteiger partial charge is 0.489 e. The first-order valence-electron chi connectivity index (χ1n) is 13.9. The van der Waals surface area contributed by atoms with Crippen molar-refractivity contribution < 1.29 is 22.7 Å². The lowest BCUT2D eigenvalue weighted by Crippen LogP contribution is -2.29. The van der Waals surface area contributed by atoms with E-state index in [0.717, 1.165) is 21.2 Å². The summed E-state index contributed by atoms with van der Waals surface area (Å²) in [6.07, 6.45) is 8.38. The third kappa shape index (κ3) is 6.52. The van der Waals surface area contributed by atoms with E-state index in [1.807, 2.05) is 29.0 Å². The highest BCUT2D eigenvalue weighted by Gasteiger charge is 2.34. The maximum Gasteiger partial charge on any atom is 0.326 e. The van der Waals surface area contributed by atoms with Crippen LogP contribution < -0.4 is 19.1 Å². The number of aliphatic imine (C=N–C) groups is 1. The fourth-order valence-corrected chi connectivity index (χ4v) is 7.26. The topological polar surface area (TPSA) is 117 Å². The highest BCUT2D eigenvalue weighted by molar-refractivity contribution is 8.18. The summed E-state index contributed by atoms with van der Waals surface area (Å²) in [5, 5.41) is 3.49. The molecule has 3 aromatic carbocycles. The second-order valence-corrected chi connectivity index (χ2v) is 13.1. The van der Waals surface area contributed by atoms with Crippen LogP contribution in [0.5, 0.6) is 5.75 Å². The van der Waals surface area contributed by atoms with Gasteiger partial charge < -0.3 is 10.1 Å². The van der Waals surface area contributed by atoms with E-state index in [-0.39, 0.29) is 12.5 Å². The third-order valence-corrected chi connectivity index (χ3v) is 9.79. The quantitative estimate of drug-likeness (QED) is 0.339. The molecule has 1 saturated carbocycles. The summed E-state index contributed by atoms with van der Waals surface area (Å²) < 4.78 is 33.0. The maximum atomic E-state index is 12.5. The smallest absolute Gasteiger partial charge is 0.326 e. The molecular weight excluding hydrogens is 572 g/mol. The first-order valence-corrected chi connectivity index (χ1v) is 16.1. The Kier molecular flexibility index (Phi) is 8.03. The Labute approximate surface area is 249 Å². The van der Waals surface area contributed by atoms with Crippen LogP contribution >= 0.6 is 11.8 Å². The van der Waals surface area contributed by atoms with Gasteiger partial charge in [0.25, 0.3) is 11.8 Å². The van der Waals surface area contributed by atoms with Crippen LogP contribution in [-0.4, -0.2) is 31.9 Å². The number of nitrogens with zero attached hydrogens (tertiary/aromatic N) is 2. The number of rotatable bonds is 7. The Morgan fingerprint density at radius 3 is 2.33 bits per heavy atom. The summed E-state index contributed by atoms with van der Waals surface area (Å²) in [4.78, 5) is 28.6. The van der Waals surface area contributed by atoms with E-state index in [1.165, 1.54) is 49.4 Å². The summed E-state index contributed by atoms with van der Waals surface area (Å²) in [7, 11) is -3.87. The molecule has 0 spiro atoms. The Morgan fingerprint density at radius 1 is 0.952 bits per heavy atom. The molecule has 3 aliphatic rings. The molecule has 2 N–H and O–H groups in total. The number of ether oxygens (including phenoxy) is 1. The summed E-state index contributed by atoms with van der Waals surface area (Å²) >= 11 is 1.22. The van der Waals surface area contributed by atoms with Gasteiger partial charge in [0.05, 0.1) is 10.6 Å². The van der Waals surface area contributed by atoms with Crippen molar-refractivity contribution in [2.45, 2.75) is 44.6 Å². The van der Waals surface area contributed by atoms with Gasteiger partial charge in [-0.2, -0.15) is 13.4 Å². The van der Waals surface area contributed by atoms with Crippen molar-refractivity contribution in [1.82, 2.24) is 4.72 Å². The Hall–Kier alpha value is -4.09. The second-order valence-electron chi connectivity index (χ2n) is 10.5. The predicted octanol–water partition coefficient (Wildman–Crippen LogP) is 5.58. The fourth-order valence-electron chi connectivity index (χ4n) is 5.27. The average Bonchev–Trinajstić information content (AvgIpc) is 3.48. The minimum absolute atomic E-state index is 0.262. The van der Waals surface area contributed by atoms with Gasteiger partial charge in [0.1, 0.15) is 18.9 Å². The van der Waals surface area contributed by atoms with Crippen molar-refractivity contribution in [2.24, 2.45) is 4.99 Å². The molecule has 0 atom stereocenters. The zero-order valence-electron chi connectivity index (χ0n) is 22.8. The minimum atomic E-state index is -3.87. The average molecular weight is 603 g/mol. The van der Waals surface area contributed by atoms with Crippen LogP contribution in [-0.2, 0) is 26.4 Å². The zero-order valence-corrected chi connectivity index (χ0v) is 24.4. The number of carbonyl (C=O) groups excluding carboxylic acids is 2. The van der Waals surface area contributed by atoms with Crippen LogP contribution in [0.2, 0.25) is 0 Å². The van der Waals surface area contributed by atoms with Gasteiger partial charge in [-0.3, -0.25) is 9.59 Å². The summed E-state index contributed by atoms with van der Waals surface area (Å²) in [6.45, 7) is 0.230. The van der Waals surface area contributed by atoms with Crippen LogP contribution in [0, 0.1) is 0 Å². The number of anilines is 2. The van der Waals surface area contributed by atoms with E-state index in [2.05, 4.69) is 34.6 Å². The molecule has 0 bridgehead atoms. The van der Waals surface area contributed by atoms with Crippen molar-refractivity contribution in [2.75, 3.05) is 16.2 Å². The van der Waals surface area contributed by atoms with E-state index >= 15 is 0 Å². The molecule has 1 aliphatic carbocycles. The van der Waals surface area contributed by atoms with Crippen LogP contribution in [0.3, 0.4) is 0 Å². The molecule has 2 fully saturated rings. The number of hydrogen-bond donors (Lipinski definition) is 2. The van der Waals surface area contributed by atoms with Crippen LogP contribution in [0.15, 0.2) is 82.7 Å². The van der Waals surface area contributed by atoms with Crippen molar-refractivity contribution in [1.29, 1.82) is 0 Å². The summed E-state index contributed by atoms with van der Waals surface area (Å²) in [5.41, 5.74) is 4.40. The number of carbonyl (C=O) groups is 2. The van der Waals surface area contributed by atoms with Gasteiger partial charge in [-0.15, -0.1) is 0 Å². The predicted molar refractivity (Wildman–Crippen MR) is 166 cm³/mol. The number of benzene rings is 3. The molecule has 0 radical (unpaired) electrons. The van der Waals surface area contributed by atoms with Crippen molar-refractivity contribution in [3.05, 3.63) is 94.4 Å². The lowest BCUT2D eigenvalue weighted by atomic mass is 9.84. The summed E-state index contributed by atoms with van der Waals surface area (Å²) in [6, 6.07) is 22.8. The summed E-state index contributed by atoms with van der Waals surface area (Å²) in [5.74, 6) is 0.523. The maximum absolute atomic E-state index is 12.5. The van der Waals surface area contributed by atoms with Gasteiger partial charge in [-0.05, 0) is 89.7 Å². The zero-order chi connectivity index (χ0) is 29.1. The van der Waals surface area contributed by atoms with Gasteiger partial charge in [0.2, 0.25) is 0 Å². The van der Waals surface area contributed by atoms with Crippen molar-refractivity contribution >= 4 is 56.4 Å². The number of nitrogens with one attached hydrogen (secondary N) is 2. The number of thioether (sulfide) groups is 1. The van der Waals surface area contributed by atoms with E-state index in [1.54, 1.807) is 30.3 Å². The standard InChI is InChI=1S/C31H30N4O5S2/c36-29-19-35(42(38,39)34-29)26-14-12-25(13-15-26)32-31-33-30(37)28(41-31)18-21-8-16-27(17-9-21)40-20-22-6-10-24(11-7-22)23-4-2-1-3-5-23/h6-18,23H,1-5,19-20H2,(H,34,36)(H,32,33,37)/b28-18-. The molecule has 3 aromatic rings. The molecule has 11 heteroatoms.